The maximum atomic E-state index is 14.0. The molecular formula is C21H22FN3O2S. The summed E-state index contributed by atoms with van der Waals surface area (Å²) >= 11 is 1.40. The minimum absolute atomic E-state index is 0.177. The second-order valence-electron chi connectivity index (χ2n) is 7.00. The van der Waals surface area contributed by atoms with E-state index in [4.69, 9.17) is 0 Å². The van der Waals surface area contributed by atoms with Gasteiger partial charge in [-0.25, -0.2) is 9.18 Å². The minimum Gasteiger partial charge on any atom is -0.334 e. The number of rotatable bonds is 3. The van der Waals surface area contributed by atoms with Gasteiger partial charge in [0.25, 0.3) is 5.91 Å². The number of benzene rings is 2. The van der Waals surface area contributed by atoms with Gasteiger partial charge in [0.1, 0.15) is 5.82 Å². The number of carbonyl (C=O) groups excluding carboxylic acids is 2. The Morgan fingerprint density at radius 3 is 2.86 bits per heavy atom. The van der Waals surface area contributed by atoms with Crippen molar-refractivity contribution in [1.82, 2.24) is 10.2 Å². The van der Waals surface area contributed by atoms with Gasteiger partial charge in [0.15, 0.2) is 4.87 Å². The zero-order chi connectivity index (χ0) is 19.9. The molecule has 28 heavy (non-hydrogen) atoms. The Balaban J connectivity index is 1.65. The number of anilines is 1. The molecule has 0 saturated carbocycles. The van der Waals surface area contributed by atoms with Crippen LogP contribution >= 0.6 is 11.8 Å². The highest BCUT2D eigenvalue weighted by Gasteiger charge is 2.59. The summed E-state index contributed by atoms with van der Waals surface area (Å²) in [7, 11) is 0. The predicted molar refractivity (Wildman–Crippen MR) is 109 cm³/mol. The largest absolute Gasteiger partial charge is 0.334 e. The molecule has 0 radical (unpaired) electrons. The Hall–Kier alpha value is -2.54. The molecule has 2 heterocycles. The smallest absolute Gasteiger partial charge is 0.319 e. The maximum absolute atomic E-state index is 14.0. The van der Waals surface area contributed by atoms with Crippen molar-refractivity contribution < 1.29 is 14.0 Å². The van der Waals surface area contributed by atoms with Crippen LogP contribution in [0.4, 0.5) is 14.9 Å². The molecule has 0 bridgehead atoms. The molecule has 1 N–H and O–H groups in total. The van der Waals surface area contributed by atoms with Gasteiger partial charge in [0, 0.05) is 31.0 Å². The molecule has 1 unspecified atom stereocenters. The number of fused-ring (bicyclic) bond motifs is 2. The summed E-state index contributed by atoms with van der Waals surface area (Å²) in [5.74, 6) is 0.0391. The lowest BCUT2D eigenvalue weighted by atomic mass is 10.1. The lowest BCUT2D eigenvalue weighted by Crippen LogP contribution is -2.53. The predicted octanol–water partition coefficient (Wildman–Crippen LogP) is 3.61. The Kier molecular flexibility index (Phi) is 4.79. The fraction of sp³-hybridized carbons (Fsp3) is 0.333. The van der Waals surface area contributed by atoms with Gasteiger partial charge in [-0.3, -0.25) is 9.69 Å². The fourth-order valence-corrected chi connectivity index (χ4v) is 5.45. The monoisotopic (exact) mass is 399 g/mol. The summed E-state index contributed by atoms with van der Waals surface area (Å²) in [4.78, 5) is 28.4. The average Bonchev–Trinajstić information content (AvgIpc) is 3.22. The molecule has 146 valence electrons. The average molecular weight is 399 g/mol. The van der Waals surface area contributed by atoms with Crippen LogP contribution in [-0.4, -0.2) is 35.7 Å². The highest BCUT2D eigenvalue weighted by Crippen LogP contribution is 2.54. The summed E-state index contributed by atoms with van der Waals surface area (Å²) in [6, 6.07) is 12.0. The van der Waals surface area contributed by atoms with Crippen LogP contribution in [0.3, 0.4) is 0 Å². The van der Waals surface area contributed by atoms with Crippen molar-refractivity contribution in [3.63, 3.8) is 0 Å². The fourth-order valence-electron chi connectivity index (χ4n) is 4.00. The number of hydrogen-bond acceptors (Lipinski definition) is 3. The van der Waals surface area contributed by atoms with Crippen LogP contribution < -0.4 is 10.2 Å². The van der Waals surface area contributed by atoms with Gasteiger partial charge in [-0.2, -0.15) is 0 Å². The van der Waals surface area contributed by atoms with Crippen molar-refractivity contribution >= 4 is 29.4 Å². The van der Waals surface area contributed by atoms with Crippen molar-refractivity contribution in [1.29, 1.82) is 0 Å². The van der Waals surface area contributed by atoms with Crippen molar-refractivity contribution in [2.75, 3.05) is 23.7 Å². The first-order valence-electron chi connectivity index (χ1n) is 9.34. The number of amides is 3. The molecule has 2 aliphatic heterocycles. The van der Waals surface area contributed by atoms with Gasteiger partial charge < -0.3 is 10.2 Å². The summed E-state index contributed by atoms with van der Waals surface area (Å²) in [6.45, 7) is 5.16. The van der Waals surface area contributed by atoms with E-state index in [9.17, 15) is 14.0 Å². The number of likely N-dealkylation sites (N-methyl/N-ethyl adjacent to an activating group) is 1. The number of nitrogens with zero attached hydrogens (tertiary/aromatic N) is 2. The van der Waals surface area contributed by atoms with E-state index in [2.05, 4.69) is 5.32 Å². The Labute approximate surface area is 167 Å². The summed E-state index contributed by atoms with van der Waals surface area (Å²) in [5, 5.41) is 2.93. The first-order chi connectivity index (χ1) is 13.5. The second-order valence-corrected chi connectivity index (χ2v) is 8.29. The van der Waals surface area contributed by atoms with E-state index in [1.807, 2.05) is 38.1 Å². The Morgan fingerprint density at radius 2 is 2.11 bits per heavy atom. The first-order valence-corrected chi connectivity index (χ1v) is 10.3. The van der Waals surface area contributed by atoms with E-state index in [1.165, 1.54) is 23.9 Å². The van der Waals surface area contributed by atoms with Crippen LogP contribution in [0.2, 0.25) is 0 Å². The van der Waals surface area contributed by atoms with E-state index in [0.29, 0.717) is 36.6 Å². The van der Waals surface area contributed by atoms with Gasteiger partial charge in [0.05, 0.1) is 5.69 Å². The van der Waals surface area contributed by atoms with E-state index in [0.717, 1.165) is 11.1 Å². The molecule has 4 rings (SSSR count). The molecule has 5 nitrogen and oxygen atoms in total. The van der Waals surface area contributed by atoms with Crippen molar-refractivity contribution in [3.05, 3.63) is 65.0 Å². The Morgan fingerprint density at radius 1 is 1.29 bits per heavy atom. The van der Waals surface area contributed by atoms with E-state index in [-0.39, 0.29) is 11.9 Å². The highest BCUT2D eigenvalue weighted by atomic mass is 32.2. The number of thioether (sulfide) groups is 1. The zero-order valence-electron chi connectivity index (χ0n) is 15.9. The van der Waals surface area contributed by atoms with Crippen LogP contribution in [0.25, 0.3) is 0 Å². The van der Waals surface area contributed by atoms with Crippen molar-refractivity contribution in [2.24, 2.45) is 0 Å². The minimum atomic E-state index is -1.19. The summed E-state index contributed by atoms with van der Waals surface area (Å²) in [6.07, 6.45) is 0. The third kappa shape index (κ3) is 2.85. The number of hydrogen-bond donors (Lipinski definition) is 1. The molecular weight excluding hydrogens is 377 g/mol. The van der Waals surface area contributed by atoms with Crippen LogP contribution in [0, 0.1) is 12.7 Å². The molecule has 1 atom stereocenters. The van der Waals surface area contributed by atoms with Crippen LogP contribution in [-0.2, 0) is 16.2 Å². The number of nitrogens with one attached hydrogen (secondary N) is 1. The second kappa shape index (κ2) is 7.13. The van der Waals surface area contributed by atoms with Crippen molar-refractivity contribution in [3.8, 4) is 0 Å². The topological polar surface area (TPSA) is 52.7 Å². The summed E-state index contributed by atoms with van der Waals surface area (Å²) < 4.78 is 14.0. The van der Waals surface area contributed by atoms with Crippen LogP contribution in [0.15, 0.2) is 42.5 Å². The number of carbonyl (C=O) groups is 2. The quantitative estimate of drug-likeness (QED) is 0.858. The molecule has 7 heteroatoms. The molecule has 2 aromatic carbocycles. The maximum Gasteiger partial charge on any atom is 0.319 e. The van der Waals surface area contributed by atoms with Gasteiger partial charge in [-0.15, -0.1) is 11.8 Å². The third-order valence-corrected chi connectivity index (χ3v) is 6.66. The zero-order valence-corrected chi connectivity index (χ0v) is 16.7. The van der Waals surface area contributed by atoms with Crippen LogP contribution in [0.1, 0.15) is 23.6 Å². The SMILES string of the molecule is CCN1C(=O)C2(SCCN2C(=O)NCc2cccc(C)c2)c2cc(F)ccc21. The Bertz CT molecular complexity index is 951. The van der Waals surface area contributed by atoms with Gasteiger partial charge in [-0.1, -0.05) is 29.8 Å². The molecule has 3 amide bonds. The van der Waals surface area contributed by atoms with Gasteiger partial charge in [0.2, 0.25) is 0 Å². The highest BCUT2D eigenvalue weighted by molar-refractivity contribution is 8.01. The molecule has 0 aromatic heterocycles. The third-order valence-electron chi connectivity index (χ3n) is 5.24. The van der Waals surface area contributed by atoms with Crippen molar-refractivity contribution in [2.45, 2.75) is 25.3 Å². The van der Waals surface area contributed by atoms with E-state index in [1.54, 1.807) is 15.9 Å². The molecule has 2 aliphatic rings. The number of urea groups is 1. The normalized spacial score (nSPS) is 20.8. The van der Waals surface area contributed by atoms with Crippen LogP contribution in [0.5, 0.6) is 0 Å². The molecule has 2 aromatic rings. The lowest BCUT2D eigenvalue weighted by Gasteiger charge is -2.33. The van der Waals surface area contributed by atoms with E-state index < -0.39 is 10.7 Å². The van der Waals surface area contributed by atoms with Gasteiger partial charge in [-0.05, 0) is 37.6 Å². The standard InChI is InChI=1S/C21H22FN3O2S/c1-3-24-18-8-7-16(22)12-17(18)21(19(24)26)25(9-10-28-21)20(27)23-13-15-6-4-5-14(2)11-15/h4-8,11-12H,3,9-10,13H2,1-2H3,(H,23,27). The molecule has 1 fully saturated rings. The lowest BCUT2D eigenvalue weighted by molar-refractivity contribution is -0.123. The number of aryl methyl sites for hydroxylation is 1. The molecule has 1 saturated heterocycles. The molecule has 1 spiro atoms. The summed E-state index contributed by atoms with van der Waals surface area (Å²) in [5.41, 5.74) is 3.36. The first kappa shape index (κ1) is 18.8. The van der Waals surface area contributed by atoms with Gasteiger partial charge >= 0.3 is 6.03 Å². The van der Waals surface area contributed by atoms with E-state index >= 15 is 0 Å². The molecule has 0 aliphatic carbocycles. The number of halogens is 1.